The Balaban J connectivity index is 1.81. The van der Waals surface area contributed by atoms with Crippen LogP contribution < -0.4 is 28.6 Å². The van der Waals surface area contributed by atoms with Crippen LogP contribution in [-0.2, 0) is 26.2 Å². The van der Waals surface area contributed by atoms with Crippen LogP contribution in [0.15, 0.2) is 65.6 Å². The number of rotatable bonds is 15. The number of amides is 2. The number of anilines is 1. The predicted octanol–water partition coefficient (Wildman–Crippen LogP) is 5.44. The van der Waals surface area contributed by atoms with E-state index in [4.69, 9.17) is 30.5 Å². The van der Waals surface area contributed by atoms with Gasteiger partial charge in [0.2, 0.25) is 11.8 Å². The molecule has 11 nitrogen and oxygen atoms in total. The zero-order valence-electron chi connectivity index (χ0n) is 27.3. The Bertz CT molecular complexity index is 1650. The molecule has 1 N–H and O–H groups in total. The second kappa shape index (κ2) is 16.1. The minimum atomic E-state index is -4.45. The number of carbonyl (C=O) groups excluding carboxylic acids is 2. The molecule has 3 aromatic rings. The molecule has 1 saturated carbocycles. The van der Waals surface area contributed by atoms with Gasteiger partial charge in [-0.1, -0.05) is 43.5 Å². The van der Waals surface area contributed by atoms with Crippen molar-refractivity contribution in [1.29, 1.82) is 0 Å². The molecule has 4 rings (SSSR count). The minimum absolute atomic E-state index is 0.0343. The molecule has 1 atom stereocenters. The monoisotopic (exact) mass is 687 g/mol. The van der Waals surface area contributed by atoms with Crippen LogP contribution in [-0.4, -0.2) is 72.2 Å². The van der Waals surface area contributed by atoms with E-state index in [9.17, 15) is 18.0 Å². The number of methoxy groups -OCH3 is 4. The standard InChI is InChI=1S/C34H42ClN3O8S/c1-6-28(34(40)36-25-9-7-8-10-25)37(21-23-11-13-24(35)14-12-23)33(39)22-38(29-19-26(43-2)15-17-30(29)44-3)47(41,42)27-16-18-31(45-4)32(20-27)46-5/h11-20,25,28H,6-10,21-22H2,1-5H3,(H,36,40). The zero-order valence-corrected chi connectivity index (χ0v) is 28.9. The Labute approximate surface area is 281 Å². The van der Waals surface area contributed by atoms with Crippen LogP contribution in [0.2, 0.25) is 5.02 Å². The lowest BCUT2D eigenvalue weighted by molar-refractivity contribution is -0.140. The summed E-state index contributed by atoms with van der Waals surface area (Å²) in [6.45, 7) is 1.22. The molecule has 47 heavy (non-hydrogen) atoms. The van der Waals surface area contributed by atoms with E-state index in [1.165, 1.54) is 57.6 Å². The third-order valence-corrected chi connectivity index (χ3v) is 10.2. The third kappa shape index (κ3) is 8.41. The van der Waals surface area contributed by atoms with Gasteiger partial charge in [-0.2, -0.15) is 0 Å². The fraction of sp³-hybridized carbons (Fsp3) is 0.412. The Morgan fingerprint density at radius 3 is 2.11 bits per heavy atom. The number of nitrogens with zero attached hydrogens (tertiary/aromatic N) is 2. The van der Waals surface area contributed by atoms with Gasteiger partial charge in [0.25, 0.3) is 10.0 Å². The molecule has 0 bridgehead atoms. The lowest BCUT2D eigenvalue weighted by Crippen LogP contribution is -2.53. The van der Waals surface area contributed by atoms with E-state index >= 15 is 0 Å². The molecule has 0 saturated heterocycles. The van der Waals surface area contributed by atoms with E-state index in [0.717, 1.165) is 35.6 Å². The summed E-state index contributed by atoms with van der Waals surface area (Å²) in [6, 6.07) is 15.0. The lowest BCUT2D eigenvalue weighted by atomic mass is 10.1. The Morgan fingerprint density at radius 2 is 1.51 bits per heavy atom. The molecule has 0 aromatic heterocycles. The van der Waals surface area contributed by atoms with Crippen LogP contribution in [0, 0.1) is 0 Å². The second-order valence-electron chi connectivity index (χ2n) is 11.1. The average molecular weight is 688 g/mol. The van der Waals surface area contributed by atoms with Crippen molar-refractivity contribution in [3.05, 3.63) is 71.2 Å². The van der Waals surface area contributed by atoms with Crippen LogP contribution in [0.3, 0.4) is 0 Å². The number of benzene rings is 3. The van der Waals surface area contributed by atoms with Crippen LogP contribution in [0.5, 0.6) is 23.0 Å². The highest BCUT2D eigenvalue weighted by Crippen LogP contribution is 2.38. The summed E-state index contributed by atoms with van der Waals surface area (Å²) < 4.78 is 51.6. The van der Waals surface area contributed by atoms with Crippen molar-refractivity contribution in [2.75, 3.05) is 39.3 Å². The molecule has 1 aliphatic carbocycles. The summed E-state index contributed by atoms with van der Waals surface area (Å²) >= 11 is 6.13. The minimum Gasteiger partial charge on any atom is -0.497 e. The molecular formula is C34H42ClN3O8S. The smallest absolute Gasteiger partial charge is 0.265 e. The topological polar surface area (TPSA) is 124 Å². The highest BCUT2D eigenvalue weighted by atomic mass is 35.5. The second-order valence-corrected chi connectivity index (χ2v) is 13.4. The normalized spacial score (nSPS) is 13.8. The summed E-state index contributed by atoms with van der Waals surface area (Å²) in [5.41, 5.74) is 0.799. The van der Waals surface area contributed by atoms with E-state index in [-0.39, 0.29) is 40.6 Å². The van der Waals surface area contributed by atoms with Gasteiger partial charge in [0.1, 0.15) is 24.1 Å². The maximum Gasteiger partial charge on any atom is 0.265 e. The number of nitrogens with one attached hydrogen (secondary N) is 1. The number of carbonyl (C=O) groups is 2. The van der Waals surface area contributed by atoms with E-state index in [1.54, 1.807) is 36.4 Å². The van der Waals surface area contributed by atoms with Crippen LogP contribution in [0.1, 0.15) is 44.6 Å². The van der Waals surface area contributed by atoms with Crippen molar-refractivity contribution >= 4 is 39.1 Å². The van der Waals surface area contributed by atoms with Crippen molar-refractivity contribution < 1.29 is 37.0 Å². The zero-order chi connectivity index (χ0) is 34.1. The van der Waals surface area contributed by atoms with Crippen LogP contribution in [0.25, 0.3) is 0 Å². The van der Waals surface area contributed by atoms with Gasteiger partial charge in [0.05, 0.1) is 39.0 Å². The maximum absolute atomic E-state index is 14.5. The molecule has 3 aromatic carbocycles. The first kappa shape index (κ1) is 35.7. The van der Waals surface area contributed by atoms with Crippen LogP contribution in [0.4, 0.5) is 5.69 Å². The van der Waals surface area contributed by atoms with Gasteiger partial charge in [0.15, 0.2) is 11.5 Å². The summed E-state index contributed by atoms with van der Waals surface area (Å²) in [6.07, 6.45) is 4.12. The molecule has 13 heteroatoms. The van der Waals surface area contributed by atoms with Gasteiger partial charge in [-0.15, -0.1) is 0 Å². The molecule has 1 unspecified atom stereocenters. The first-order chi connectivity index (χ1) is 22.6. The summed E-state index contributed by atoms with van der Waals surface area (Å²) in [5.74, 6) is 0.189. The average Bonchev–Trinajstić information content (AvgIpc) is 3.60. The maximum atomic E-state index is 14.5. The van der Waals surface area contributed by atoms with Crippen molar-refractivity contribution in [2.45, 2.75) is 62.6 Å². The van der Waals surface area contributed by atoms with E-state index in [1.807, 2.05) is 6.92 Å². The number of sulfonamides is 1. The molecule has 2 amide bonds. The van der Waals surface area contributed by atoms with Gasteiger partial charge in [-0.25, -0.2) is 8.42 Å². The summed E-state index contributed by atoms with van der Waals surface area (Å²) in [7, 11) is 1.25. The lowest BCUT2D eigenvalue weighted by Gasteiger charge is -2.34. The highest BCUT2D eigenvalue weighted by molar-refractivity contribution is 7.92. The number of ether oxygens (including phenoxy) is 4. The fourth-order valence-corrected chi connectivity index (χ4v) is 7.24. The van der Waals surface area contributed by atoms with Crippen molar-refractivity contribution in [2.24, 2.45) is 0 Å². The highest BCUT2D eigenvalue weighted by Gasteiger charge is 2.36. The molecule has 0 spiro atoms. The molecule has 0 heterocycles. The van der Waals surface area contributed by atoms with E-state index in [2.05, 4.69) is 5.32 Å². The summed E-state index contributed by atoms with van der Waals surface area (Å²) in [4.78, 5) is 29.5. The van der Waals surface area contributed by atoms with Crippen molar-refractivity contribution in [3.8, 4) is 23.0 Å². The predicted molar refractivity (Wildman–Crippen MR) is 180 cm³/mol. The van der Waals surface area contributed by atoms with Gasteiger partial charge in [-0.3, -0.25) is 13.9 Å². The molecule has 254 valence electrons. The first-order valence-electron chi connectivity index (χ1n) is 15.4. The largest absolute Gasteiger partial charge is 0.497 e. The van der Waals surface area contributed by atoms with E-state index in [0.29, 0.717) is 22.9 Å². The summed E-state index contributed by atoms with van der Waals surface area (Å²) in [5, 5.41) is 3.63. The molecule has 1 aliphatic rings. The fourth-order valence-electron chi connectivity index (χ4n) is 5.68. The Kier molecular flexibility index (Phi) is 12.2. The van der Waals surface area contributed by atoms with Gasteiger partial charge < -0.3 is 29.2 Å². The number of hydrogen-bond donors (Lipinski definition) is 1. The molecule has 1 fully saturated rings. The van der Waals surface area contributed by atoms with E-state index < -0.39 is 28.5 Å². The molecule has 0 radical (unpaired) electrons. The Hall–Kier alpha value is -4.16. The molecule has 0 aliphatic heterocycles. The van der Waals surface area contributed by atoms with Gasteiger partial charge in [0, 0.05) is 29.7 Å². The number of halogens is 1. The SMILES string of the molecule is CCC(C(=O)NC1CCCC1)N(Cc1ccc(Cl)cc1)C(=O)CN(c1cc(OC)ccc1OC)S(=O)(=O)c1ccc(OC)c(OC)c1. The number of hydrogen-bond acceptors (Lipinski definition) is 8. The first-order valence-corrected chi connectivity index (χ1v) is 17.2. The molecular weight excluding hydrogens is 646 g/mol. The van der Waals surface area contributed by atoms with Gasteiger partial charge in [-0.05, 0) is 61.2 Å². The Morgan fingerprint density at radius 1 is 0.872 bits per heavy atom. The van der Waals surface area contributed by atoms with Crippen molar-refractivity contribution in [1.82, 2.24) is 10.2 Å². The third-order valence-electron chi connectivity index (χ3n) is 8.23. The van der Waals surface area contributed by atoms with Crippen molar-refractivity contribution in [3.63, 3.8) is 0 Å². The van der Waals surface area contributed by atoms with Crippen LogP contribution >= 0.6 is 11.6 Å². The van der Waals surface area contributed by atoms with Gasteiger partial charge >= 0.3 is 0 Å². The quantitative estimate of drug-likeness (QED) is 0.224.